The molecule has 9 nitrogen and oxygen atoms in total. The Morgan fingerprint density at radius 2 is 1.86 bits per heavy atom. The summed E-state index contributed by atoms with van der Waals surface area (Å²) in [5.74, 6) is -1.15. The lowest BCUT2D eigenvalue weighted by Crippen LogP contribution is -2.41. The normalized spacial score (nSPS) is 10.0. The number of carbonyl (C=O) groups is 2. The summed E-state index contributed by atoms with van der Waals surface area (Å²) in [6.45, 7) is 1.91. The number of nitrogens with zero attached hydrogens (tertiary/aromatic N) is 2. The van der Waals surface area contributed by atoms with Crippen molar-refractivity contribution in [2.75, 3.05) is 0 Å². The molecule has 1 aromatic heterocycles. The minimum absolute atomic E-state index is 0.121. The maximum Gasteiger partial charge on any atom is 0.290 e. The van der Waals surface area contributed by atoms with Gasteiger partial charge in [-0.15, -0.1) is 0 Å². The second-order valence-corrected chi connectivity index (χ2v) is 4.34. The van der Waals surface area contributed by atoms with E-state index in [2.05, 4.69) is 21.0 Å². The molecule has 2 aromatic rings. The van der Waals surface area contributed by atoms with Crippen molar-refractivity contribution in [2.45, 2.75) is 13.3 Å². The van der Waals surface area contributed by atoms with Crippen molar-refractivity contribution >= 4 is 17.5 Å². The van der Waals surface area contributed by atoms with E-state index in [-0.39, 0.29) is 16.9 Å². The third kappa shape index (κ3) is 3.45. The Hall–Kier alpha value is -3.23. The molecule has 0 bridgehead atoms. The Kier molecular flexibility index (Phi) is 4.47. The molecule has 1 heterocycles. The zero-order chi connectivity index (χ0) is 16.1. The first kappa shape index (κ1) is 15.2. The second kappa shape index (κ2) is 6.48. The van der Waals surface area contributed by atoms with Crippen LogP contribution in [-0.2, 0) is 6.42 Å². The Morgan fingerprint density at radius 1 is 1.23 bits per heavy atom. The average Bonchev–Trinajstić information content (AvgIpc) is 3.01. The number of hydrogen-bond donors (Lipinski definition) is 3. The molecule has 0 saturated heterocycles. The van der Waals surface area contributed by atoms with Crippen molar-refractivity contribution in [2.24, 2.45) is 0 Å². The van der Waals surface area contributed by atoms with Crippen LogP contribution in [-0.4, -0.2) is 26.9 Å². The summed E-state index contributed by atoms with van der Waals surface area (Å²) in [4.78, 5) is 33.5. The van der Waals surface area contributed by atoms with E-state index < -0.39 is 16.7 Å². The molecular formula is C13H13N5O4. The average molecular weight is 303 g/mol. The van der Waals surface area contributed by atoms with Crippen LogP contribution >= 0.6 is 0 Å². The molecule has 9 heteroatoms. The molecule has 1 aromatic carbocycles. The van der Waals surface area contributed by atoms with Crippen molar-refractivity contribution in [1.29, 1.82) is 0 Å². The van der Waals surface area contributed by atoms with Gasteiger partial charge in [0.1, 0.15) is 0 Å². The molecule has 0 spiro atoms. The van der Waals surface area contributed by atoms with Gasteiger partial charge < -0.3 is 0 Å². The van der Waals surface area contributed by atoms with Gasteiger partial charge in [0.2, 0.25) is 0 Å². The fraction of sp³-hybridized carbons (Fsp3) is 0.154. The lowest BCUT2D eigenvalue weighted by molar-refractivity contribution is -0.384. The van der Waals surface area contributed by atoms with Crippen molar-refractivity contribution in [3.05, 3.63) is 57.4 Å². The molecule has 22 heavy (non-hydrogen) atoms. The highest BCUT2D eigenvalue weighted by molar-refractivity contribution is 5.98. The Labute approximate surface area is 124 Å². The first-order chi connectivity index (χ1) is 10.5. The highest BCUT2D eigenvalue weighted by atomic mass is 16.6. The zero-order valence-corrected chi connectivity index (χ0v) is 11.6. The monoisotopic (exact) mass is 303 g/mol. The summed E-state index contributed by atoms with van der Waals surface area (Å²) in [5, 5.41) is 17.0. The topological polar surface area (TPSA) is 130 Å². The number of aromatic amines is 1. The summed E-state index contributed by atoms with van der Waals surface area (Å²) in [6.07, 6.45) is 0.704. The number of aryl methyl sites for hydroxylation is 1. The van der Waals surface area contributed by atoms with Crippen LogP contribution in [0.15, 0.2) is 30.3 Å². The number of carbonyl (C=O) groups excluding carboxylic acids is 2. The van der Waals surface area contributed by atoms with E-state index >= 15 is 0 Å². The number of aromatic nitrogens is 2. The number of benzene rings is 1. The van der Waals surface area contributed by atoms with Gasteiger partial charge in [-0.3, -0.25) is 35.7 Å². The maximum absolute atomic E-state index is 11.8. The molecule has 0 aliphatic rings. The molecule has 2 rings (SSSR count). The molecule has 0 radical (unpaired) electrons. The highest BCUT2D eigenvalue weighted by Gasteiger charge is 2.13. The summed E-state index contributed by atoms with van der Waals surface area (Å²) in [5.41, 5.74) is 5.44. The smallest absolute Gasteiger partial charge is 0.282 e. The fourth-order valence-corrected chi connectivity index (χ4v) is 1.64. The van der Waals surface area contributed by atoms with Crippen LogP contribution in [0.25, 0.3) is 0 Å². The third-order valence-electron chi connectivity index (χ3n) is 2.87. The van der Waals surface area contributed by atoms with Crippen molar-refractivity contribution in [3.63, 3.8) is 0 Å². The van der Waals surface area contributed by atoms with Gasteiger partial charge >= 0.3 is 0 Å². The SMILES string of the molecule is CCc1cc(C(=O)NNC(=O)c2ccc([N+](=O)[O-])cc2)n[nH]1. The summed E-state index contributed by atoms with van der Waals surface area (Å²) < 4.78 is 0. The molecule has 0 saturated carbocycles. The van der Waals surface area contributed by atoms with Crippen LogP contribution in [0.5, 0.6) is 0 Å². The number of non-ortho nitro benzene ring substituents is 1. The van der Waals surface area contributed by atoms with Gasteiger partial charge in [-0.25, -0.2) is 0 Å². The van der Waals surface area contributed by atoms with Crippen molar-refractivity contribution in [3.8, 4) is 0 Å². The number of nitro benzene ring substituents is 1. The minimum atomic E-state index is -0.588. The third-order valence-corrected chi connectivity index (χ3v) is 2.87. The molecular weight excluding hydrogens is 290 g/mol. The Morgan fingerprint density at radius 3 is 2.41 bits per heavy atom. The van der Waals surface area contributed by atoms with Crippen LogP contribution < -0.4 is 10.9 Å². The van der Waals surface area contributed by atoms with Crippen LogP contribution in [0.2, 0.25) is 0 Å². The maximum atomic E-state index is 11.8. The van der Waals surface area contributed by atoms with Gasteiger partial charge in [-0.05, 0) is 24.6 Å². The van der Waals surface area contributed by atoms with Gasteiger partial charge in [0.25, 0.3) is 17.5 Å². The van der Waals surface area contributed by atoms with Crippen LogP contribution in [0.3, 0.4) is 0 Å². The van der Waals surface area contributed by atoms with E-state index in [9.17, 15) is 19.7 Å². The number of hydrazine groups is 1. The molecule has 2 amide bonds. The number of amides is 2. The zero-order valence-electron chi connectivity index (χ0n) is 11.6. The number of nitrogens with one attached hydrogen (secondary N) is 3. The first-order valence-corrected chi connectivity index (χ1v) is 6.40. The predicted molar refractivity (Wildman–Crippen MR) is 76.0 cm³/mol. The lowest BCUT2D eigenvalue weighted by atomic mass is 10.2. The minimum Gasteiger partial charge on any atom is -0.282 e. The first-order valence-electron chi connectivity index (χ1n) is 6.40. The predicted octanol–water partition coefficient (Wildman–Crippen LogP) is 0.955. The molecule has 0 fully saturated rings. The van der Waals surface area contributed by atoms with Crippen LogP contribution in [0.1, 0.15) is 33.5 Å². The van der Waals surface area contributed by atoms with Crippen molar-refractivity contribution in [1.82, 2.24) is 21.0 Å². The molecule has 114 valence electrons. The van der Waals surface area contributed by atoms with Gasteiger partial charge in [0, 0.05) is 23.4 Å². The van der Waals surface area contributed by atoms with E-state index in [0.29, 0.717) is 6.42 Å². The largest absolute Gasteiger partial charge is 0.290 e. The standard InChI is InChI=1S/C13H13N5O4/c1-2-9-7-11(15-14-9)13(20)17-16-12(19)8-3-5-10(6-4-8)18(21)22/h3-7H,2H2,1H3,(H,14,15)(H,16,19)(H,17,20). The van der Waals surface area contributed by atoms with E-state index in [0.717, 1.165) is 5.69 Å². The quantitative estimate of drug-likeness (QED) is 0.572. The molecule has 0 unspecified atom stereocenters. The van der Waals surface area contributed by atoms with E-state index in [1.807, 2.05) is 6.92 Å². The second-order valence-electron chi connectivity index (χ2n) is 4.34. The molecule has 0 atom stereocenters. The Balaban J connectivity index is 1.94. The van der Waals surface area contributed by atoms with Crippen LogP contribution in [0.4, 0.5) is 5.69 Å². The summed E-state index contributed by atoms with van der Waals surface area (Å²) in [6, 6.07) is 6.58. The van der Waals surface area contributed by atoms with Crippen molar-refractivity contribution < 1.29 is 14.5 Å². The van der Waals surface area contributed by atoms with Gasteiger partial charge in [-0.2, -0.15) is 5.10 Å². The summed E-state index contributed by atoms with van der Waals surface area (Å²) in [7, 11) is 0. The van der Waals surface area contributed by atoms with E-state index in [1.165, 1.54) is 24.3 Å². The summed E-state index contributed by atoms with van der Waals surface area (Å²) >= 11 is 0. The number of nitro groups is 1. The number of H-pyrrole nitrogens is 1. The molecule has 0 aliphatic heterocycles. The van der Waals surface area contributed by atoms with E-state index in [4.69, 9.17) is 0 Å². The lowest BCUT2D eigenvalue weighted by Gasteiger charge is -2.05. The van der Waals surface area contributed by atoms with Gasteiger partial charge in [-0.1, -0.05) is 6.92 Å². The van der Waals surface area contributed by atoms with Gasteiger partial charge in [0.05, 0.1) is 4.92 Å². The van der Waals surface area contributed by atoms with E-state index in [1.54, 1.807) is 6.07 Å². The Bertz CT molecular complexity index is 707. The van der Waals surface area contributed by atoms with Crippen LogP contribution in [0, 0.1) is 10.1 Å². The number of hydrogen-bond acceptors (Lipinski definition) is 5. The van der Waals surface area contributed by atoms with Gasteiger partial charge in [0.15, 0.2) is 5.69 Å². The highest BCUT2D eigenvalue weighted by Crippen LogP contribution is 2.11. The number of rotatable bonds is 4. The molecule has 0 aliphatic carbocycles. The molecule has 3 N–H and O–H groups in total. The fourth-order valence-electron chi connectivity index (χ4n) is 1.64.